The Morgan fingerprint density at radius 2 is 1.68 bits per heavy atom. The standard InChI is InChI=1S/C26H32N4O8/c1-14(31)16-5-7-17(8-6-16)28-25(36)30-20-12-26(37,13-21(32)22(20)33)24(35)29-19(23(27)34)11-15-3-9-18(38-2)10-4-15/h3-10,19-22,32-33,37H,11-13H2,1-2H3,(H2,27,34)(H,29,35)(H2,28,30,36). The number of hydrogen-bond acceptors (Lipinski definition) is 8. The van der Waals surface area contributed by atoms with Crippen LogP contribution in [0.25, 0.3) is 0 Å². The number of urea groups is 1. The summed E-state index contributed by atoms with van der Waals surface area (Å²) in [5.41, 5.74) is 4.74. The highest BCUT2D eigenvalue weighted by Gasteiger charge is 2.49. The molecule has 4 amide bonds. The van der Waals surface area contributed by atoms with Crippen LogP contribution in [0, 0.1) is 0 Å². The highest BCUT2D eigenvalue weighted by molar-refractivity contribution is 5.95. The first-order chi connectivity index (χ1) is 17.9. The van der Waals surface area contributed by atoms with Crippen LogP contribution in [0.4, 0.5) is 10.5 Å². The number of anilines is 1. The summed E-state index contributed by atoms with van der Waals surface area (Å²) < 4.78 is 5.10. The molecule has 0 heterocycles. The van der Waals surface area contributed by atoms with E-state index in [9.17, 15) is 34.5 Å². The van der Waals surface area contributed by atoms with Crippen LogP contribution >= 0.6 is 0 Å². The predicted octanol–water partition coefficient (Wildman–Crippen LogP) is -0.153. The smallest absolute Gasteiger partial charge is 0.319 e. The van der Waals surface area contributed by atoms with Crippen molar-refractivity contribution in [2.75, 3.05) is 12.4 Å². The second-order valence-corrected chi connectivity index (χ2v) is 9.32. The van der Waals surface area contributed by atoms with Gasteiger partial charge >= 0.3 is 6.03 Å². The molecule has 8 N–H and O–H groups in total. The van der Waals surface area contributed by atoms with Crippen LogP contribution in [0.1, 0.15) is 35.7 Å². The van der Waals surface area contributed by atoms with E-state index in [2.05, 4.69) is 16.0 Å². The number of carbonyl (C=O) groups excluding carboxylic acids is 4. The summed E-state index contributed by atoms with van der Waals surface area (Å²) >= 11 is 0. The molecule has 0 saturated heterocycles. The number of ketones is 1. The number of aliphatic hydroxyl groups is 3. The summed E-state index contributed by atoms with van der Waals surface area (Å²) in [7, 11) is 1.51. The van der Waals surface area contributed by atoms with Crippen LogP contribution in [0.3, 0.4) is 0 Å². The van der Waals surface area contributed by atoms with E-state index in [1.54, 1.807) is 24.3 Å². The molecule has 2 aromatic carbocycles. The molecule has 1 aliphatic rings. The first-order valence-corrected chi connectivity index (χ1v) is 11.9. The van der Waals surface area contributed by atoms with Gasteiger partial charge in [-0.05, 0) is 48.9 Å². The van der Waals surface area contributed by atoms with E-state index in [4.69, 9.17) is 10.5 Å². The number of primary amides is 1. The summed E-state index contributed by atoms with van der Waals surface area (Å²) in [6.07, 6.45) is -3.95. The first-order valence-electron chi connectivity index (χ1n) is 11.9. The molecule has 2 aromatic rings. The highest BCUT2D eigenvalue weighted by atomic mass is 16.5. The number of ether oxygens (including phenoxy) is 1. The Morgan fingerprint density at radius 1 is 1.05 bits per heavy atom. The lowest BCUT2D eigenvalue weighted by Crippen LogP contribution is -2.64. The quantitative estimate of drug-likeness (QED) is 0.218. The van der Waals surface area contributed by atoms with E-state index in [0.717, 1.165) is 0 Å². The third kappa shape index (κ3) is 7.06. The maximum atomic E-state index is 13.0. The van der Waals surface area contributed by atoms with Gasteiger partial charge in [-0.3, -0.25) is 14.4 Å². The molecule has 1 aliphatic carbocycles. The summed E-state index contributed by atoms with van der Waals surface area (Å²) in [5, 5.41) is 39.3. The Morgan fingerprint density at radius 3 is 2.24 bits per heavy atom. The predicted molar refractivity (Wildman–Crippen MR) is 136 cm³/mol. The highest BCUT2D eigenvalue weighted by Crippen LogP contribution is 2.30. The average molecular weight is 529 g/mol. The maximum absolute atomic E-state index is 13.0. The van der Waals surface area contributed by atoms with Crippen LogP contribution in [0.5, 0.6) is 5.75 Å². The third-order valence-electron chi connectivity index (χ3n) is 6.45. The van der Waals surface area contributed by atoms with Gasteiger partial charge in [0.05, 0.1) is 19.3 Å². The monoisotopic (exact) mass is 528 g/mol. The van der Waals surface area contributed by atoms with Gasteiger partial charge in [-0.15, -0.1) is 0 Å². The Labute approximate surface area is 219 Å². The Kier molecular flexibility index (Phi) is 9.04. The number of methoxy groups -OCH3 is 1. The molecule has 0 spiro atoms. The van der Waals surface area contributed by atoms with Crippen LogP contribution in [0.15, 0.2) is 48.5 Å². The molecule has 0 bridgehead atoms. The fraction of sp³-hybridized carbons (Fsp3) is 0.385. The van der Waals surface area contributed by atoms with Crippen molar-refractivity contribution < 1.29 is 39.2 Å². The van der Waals surface area contributed by atoms with E-state index in [0.29, 0.717) is 22.6 Å². The molecule has 1 fully saturated rings. The molecule has 0 radical (unpaired) electrons. The number of carbonyl (C=O) groups is 4. The van der Waals surface area contributed by atoms with Crippen LogP contribution in [0.2, 0.25) is 0 Å². The average Bonchev–Trinajstić information content (AvgIpc) is 2.87. The molecule has 204 valence electrons. The van der Waals surface area contributed by atoms with Crippen molar-refractivity contribution in [1.29, 1.82) is 0 Å². The van der Waals surface area contributed by atoms with Gasteiger partial charge < -0.3 is 41.7 Å². The SMILES string of the molecule is COc1ccc(CC(NC(=O)C2(O)CC(O)C(O)C(NC(=O)Nc3ccc(C(C)=O)cc3)C2)C(N)=O)cc1. The first kappa shape index (κ1) is 28.6. The lowest BCUT2D eigenvalue weighted by Gasteiger charge is -2.41. The van der Waals surface area contributed by atoms with Gasteiger partial charge in [0.25, 0.3) is 5.91 Å². The van der Waals surface area contributed by atoms with E-state index in [1.165, 1.54) is 38.3 Å². The van der Waals surface area contributed by atoms with Gasteiger partial charge in [0.2, 0.25) is 5.91 Å². The zero-order chi connectivity index (χ0) is 28.0. The molecule has 0 aliphatic heterocycles. The minimum Gasteiger partial charge on any atom is -0.497 e. The molecule has 38 heavy (non-hydrogen) atoms. The summed E-state index contributed by atoms with van der Waals surface area (Å²) in [6, 6.07) is 9.69. The normalized spacial score (nSPS) is 23.6. The number of rotatable bonds is 9. The van der Waals surface area contributed by atoms with E-state index in [-0.39, 0.29) is 12.2 Å². The molecule has 1 saturated carbocycles. The molecular weight excluding hydrogens is 496 g/mol. The third-order valence-corrected chi connectivity index (χ3v) is 6.45. The summed E-state index contributed by atoms with van der Waals surface area (Å²) in [5.74, 6) is -1.35. The maximum Gasteiger partial charge on any atom is 0.319 e. The van der Waals surface area contributed by atoms with E-state index < -0.39 is 60.6 Å². The Bertz CT molecular complexity index is 1170. The number of benzene rings is 2. The van der Waals surface area contributed by atoms with Gasteiger partial charge in [-0.25, -0.2) is 4.79 Å². The van der Waals surface area contributed by atoms with Crippen molar-refractivity contribution in [3.63, 3.8) is 0 Å². The second-order valence-electron chi connectivity index (χ2n) is 9.32. The number of nitrogens with two attached hydrogens (primary N) is 1. The summed E-state index contributed by atoms with van der Waals surface area (Å²) in [6.45, 7) is 1.41. The molecule has 0 aromatic heterocycles. The number of amides is 4. The van der Waals surface area contributed by atoms with Crippen molar-refractivity contribution in [2.45, 2.75) is 56.1 Å². The molecular formula is C26H32N4O8. The molecule has 12 heteroatoms. The van der Waals surface area contributed by atoms with Crippen LogP contribution in [-0.2, 0) is 16.0 Å². The van der Waals surface area contributed by atoms with Crippen LogP contribution < -0.4 is 26.4 Å². The minimum absolute atomic E-state index is 0.0405. The van der Waals surface area contributed by atoms with Gasteiger partial charge in [-0.1, -0.05) is 12.1 Å². The largest absolute Gasteiger partial charge is 0.497 e. The van der Waals surface area contributed by atoms with Gasteiger partial charge in [0.1, 0.15) is 23.5 Å². The number of aliphatic hydroxyl groups excluding tert-OH is 2. The number of hydrogen-bond donors (Lipinski definition) is 7. The zero-order valence-corrected chi connectivity index (χ0v) is 21.0. The Balaban J connectivity index is 1.66. The lowest BCUT2D eigenvalue weighted by atomic mass is 9.77. The molecule has 5 unspecified atom stereocenters. The number of Topliss-reactive ketones (excluding diaryl/α,β-unsaturated/α-hetero) is 1. The van der Waals surface area contributed by atoms with E-state index >= 15 is 0 Å². The van der Waals surface area contributed by atoms with E-state index in [1.807, 2.05) is 0 Å². The zero-order valence-electron chi connectivity index (χ0n) is 21.0. The molecule has 3 rings (SSSR count). The van der Waals surface area contributed by atoms with Crippen molar-refractivity contribution in [3.05, 3.63) is 59.7 Å². The van der Waals surface area contributed by atoms with Crippen molar-refractivity contribution >= 4 is 29.3 Å². The summed E-state index contributed by atoms with van der Waals surface area (Å²) in [4.78, 5) is 49.0. The molecule has 12 nitrogen and oxygen atoms in total. The van der Waals surface area contributed by atoms with Crippen LogP contribution in [-0.4, -0.2) is 76.0 Å². The fourth-order valence-corrected chi connectivity index (χ4v) is 4.26. The number of nitrogens with one attached hydrogen (secondary N) is 3. The van der Waals surface area contributed by atoms with Crippen molar-refractivity contribution in [2.24, 2.45) is 5.73 Å². The fourth-order valence-electron chi connectivity index (χ4n) is 4.26. The molecule has 5 atom stereocenters. The van der Waals surface area contributed by atoms with Gasteiger partial charge in [-0.2, -0.15) is 0 Å². The lowest BCUT2D eigenvalue weighted by molar-refractivity contribution is -0.158. The van der Waals surface area contributed by atoms with Crippen molar-refractivity contribution in [1.82, 2.24) is 10.6 Å². The minimum atomic E-state index is -2.21. The Hall–Kier alpha value is -4.00. The van der Waals surface area contributed by atoms with Gasteiger partial charge in [0.15, 0.2) is 5.78 Å². The van der Waals surface area contributed by atoms with Crippen molar-refractivity contribution in [3.8, 4) is 5.75 Å². The second kappa shape index (κ2) is 12.0. The van der Waals surface area contributed by atoms with Gasteiger partial charge in [0, 0.05) is 30.5 Å². The topological polar surface area (TPSA) is 200 Å².